The summed E-state index contributed by atoms with van der Waals surface area (Å²) in [4.78, 5) is 51.6. The summed E-state index contributed by atoms with van der Waals surface area (Å²) in [6, 6.07) is 20.8. The Morgan fingerprint density at radius 3 is 2.19 bits per heavy atom. The molecule has 0 saturated carbocycles. The quantitative estimate of drug-likeness (QED) is 0.427. The molecule has 0 unspecified atom stereocenters. The first kappa shape index (κ1) is 25.2. The van der Waals surface area contributed by atoms with Gasteiger partial charge in [-0.3, -0.25) is 14.4 Å². The lowest BCUT2D eigenvalue weighted by Crippen LogP contribution is -2.39. The molecule has 0 radical (unpaired) electrons. The Bertz CT molecular complexity index is 1410. The van der Waals surface area contributed by atoms with E-state index in [0.29, 0.717) is 33.9 Å². The van der Waals surface area contributed by atoms with E-state index in [9.17, 15) is 24.3 Å². The molecule has 0 aliphatic carbocycles. The first-order valence-electron chi connectivity index (χ1n) is 11.5. The third-order valence-electron chi connectivity index (χ3n) is 5.94. The Hall–Kier alpha value is -4.92. The number of anilines is 3. The first-order chi connectivity index (χ1) is 17.7. The molecule has 9 heteroatoms. The van der Waals surface area contributed by atoms with Gasteiger partial charge in [0.05, 0.1) is 22.5 Å². The topological polar surface area (TPSA) is 119 Å². The normalized spacial score (nSPS) is 13.3. The molecule has 1 aliphatic heterocycles. The smallest absolute Gasteiger partial charge is 0.335 e. The summed E-state index contributed by atoms with van der Waals surface area (Å²) in [5.41, 5.74) is 3.98. The maximum Gasteiger partial charge on any atom is 0.335 e. The molecule has 0 spiro atoms. The maximum atomic E-state index is 13.1. The van der Waals surface area contributed by atoms with Crippen LogP contribution < -0.4 is 15.5 Å². The fourth-order valence-corrected chi connectivity index (χ4v) is 3.97. The van der Waals surface area contributed by atoms with Crippen molar-refractivity contribution < 1.29 is 24.3 Å². The average Bonchev–Trinajstić information content (AvgIpc) is 3.21. The molecule has 0 fully saturated rings. The van der Waals surface area contributed by atoms with Crippen LogP contribution in [0.4, 0.5) is 17.1 Å². The van der Waals surface area contributed by atoms with Crippen molar-refractivity contribution in [1.29, 1.82) is 0 Å². The van der Waals surface area contributed by atoms with E-state index >= 15 is 0 Å². The van der Waals surface area contributed by atoms with Crippen molar-refractivity contribution in [2.24, 2.45) is 0 Å². The second-order valence-corrected chi connectivity index (χ2v) is 8.70. The fourth-order valence-electron chi connectivity index (χ4n) is 3.97. The molecule has 3 amide bonds. The maximum absolute atomic E-state index is 13.1. The van der Waals surface area contributed by atoms with Gasteiger partial charge in [0, 0.05) is 38.0 Å². The summed E-state index contributed by atoms with van der Waals surface area (Å²) in [7, 11) is 3.26. The Morgan fingerprint density at radius 2 is 1.59 bits per heavy atom. The lowest BCUT2D eigenvalue weighted by atomic mass is 9.99. The molecule has 3 aromatic carbocycles. The number of carbonyl (C=O) groups is 4. The largest absolute Gasteiger partial charge is 0.478 e. The van der Waals surface area contributed by atoms with Crippen LogP contribution in [-0.2, 0) is 14.4 Å². The number of aromatic carboxylic acids is 1. The number of carboxylic acids is 1. The molecule has 188 valence electrons. The van der Waals surface area contributed by atoms with Crippen LogP contribution in [0.2, 0.25) is 0 Å². The summed E-state index contributed by atoms with van der Waals surface area (Å²) in [6.07, 6.45) is 0. The molecule has 1 heterocycles. The predicted molar refractivity (Wildman–Crippen MR) is 142 cm³/mol. The minimum absolute atomic E-state index is 0.0767. The molecular weight excluding hydrogens is 472 g/mol. The number of amides is 3. The van der Waals surface area contributed by atoms with Gasteiger partial charge in [0.15, 0.2) is 0 Å². The molecule has 1 aliphatic rings. The number of hydrogen-bond acceptors (Lipinski definition) is 5. The Balaban J connectivity index is 1.72. The number of carboxylic acid groups (broad SMARTS) is 1. The Morgan fingerprint density at radius 1 is 0.919 bits per heavy atom. The summed E-state index contributed by atoms with van der Waals surface area (Å²) in [5, 5.41) is 15.4. The SMILES string of the molecule is CC(=O)N(CC(=O)N(C)C)c1ccc(N/C(=C2\C(=O)Nc3cc(C(=O)O)ccc32)c2ccccc2)cc1. The van der Waals surface area contributed by atoms with E-state index in [1.165, 1.54) is 28.9 Å². The number of carbonyl (C=O) groups excluding carboxylic acids is 3. The Kier molecular flexibility index (Phi) is 7.06. The van der Waals surface area contributed by atoms with Crippen molar-refractivity contribution in [1.82, 2.24) is 4.90 Å². The minimum atomic E-state index is -1.08. The van der Waals surface area contributed by atoms with E-state index in [1.54, 1.807) is 44.4 Å². The van der Waals surface area contributed by atoms with Crippen LogP contribution in [-0.4, -0.2) is 54.3 Å². The van der Waals surface area contributed by atoms with Crippen LogP contribution in [0.5, 0.6) is 0 Å². The van der Waals surface area contributed by atoms with Crippen molar-refractivity contribution in [3.05, 3.63) is 89.5 Å². The highest BCUT2D eigenvalue weighted by Gasteiger charge is 2.29. The van der Waals surface area contributed by atoms with E-state index in [0.717, 1.165) is 5.56 Å². The third-order valence-corrected chi connectivity index (χ3v) is 5.94. The van der Waals surface area contributed by atoms with Crippen LogP contribution in [0.15, 0.2) is 72.8 Å². The monoisotopic (exact) mass is 498 g/mol. The van der Waals surface area contributed by atoms with Crippen molar-refractivity contribution >= 4 is 52.0 Å². The van der Waals surface area contributed by atoms with Gasteiger partial charge in [-0.1, -0.05) is 36.4 Å². The zero-order valence-corrected chi connectivity index (χ0v) is 20.6. The number of nitrogens with zero attached hydrogens (tertiary/aromatic N) is 2. The molecule has 37 heavy (non-hydrogen) atoms. The Labute approximate surface area is 214 Å². The highest BCUT2D eigenvalue weighted by atomic mass is 16.4. The van der Waals surface area contributed by atoms with E-state index in [1.807, 2.05) is 30.3 Å². The predicted octanol–water partition coefficient (Wildman–Crippen LogP) is 3.76. The number of benzene rings is 3. The summed E-state index contributed by atoms with van der Waals surface area (Å²) < 4.78 is 0. The summed E-state index contributed by atoms with van der Waals surface area (Å²) in [6.45, 7) is 1.32. The van der Waals surface area contributed by atoms with Gasteiger partial charge in [-0.25, -0.2) is 4.79 Å². The average molecular weight is 499 g/mol. The molecule has 0 atom stereocenters. The molecule has 0 aromatic heterocycles. The van der Waals surface area contributed by atoms with E-state index < -0.39 is 5.97 Å². The minimum Gasteiger partial charge on any atom is -0.478 e. The third kappa shape index (κ3) is 5.35. The zero-order chi connectivity index (χ0) is 26.7. The van der Waals surface area contributed by atoms with Gasteiger partial charge in [-0.2, -0.15) is 0 Å². The fraction of sp³-hybridized carbons (Fsp3) is 0.143. The standard InChI is InChI=1S/C28H26N4O5/c1-17(33)32(16-24(34)31(2)3)21-12-10-20(11-13-21)29-26(18-7-5-4-6-8-18)25-22-14-9-19(28(36)37)15-23(22)30-27(25)35/h4-15,29H,16H2,1-3H3,(H,30,35)(H,36,37)/b26-25-. The van der Waals surface area contributed by atoms with Gasteiger partial charge < -0.3 is 25.5 Å². The van der Waals surface area contributed by atoms with E-state index in [-0.39, 0.29) is 29.8 Å². The molecule has 0 bridgehead atoms. The number of rotatable bonds is 7. The first-order valence-corrected chi connectivity index (χ1v) is 11.5. The highest BCUT2D eigenvalue weighted by Crippen LogP contribution is 2.38. The van der Waals surface area contributed by atoms with Crippen molar-refractivity contribution in [3.63, 3.8) is 0 Å². The van der Waals surface area contributed by atoms with Gasteiger partial charge in [-0.15, -0.1) is 0 Å². The number of fused-ring (bicyclic) bond motifs is 1. The van der Waals surface area contributed by atoms with Crippen molar-refractivity contribution in [3.8, 4) is 0 Å². The van der Waals surface area contributed by atoms with Crippen LogP contribution in [0, 0.1) is 0 Å². The van der Waals surface area contributed by atoms with E-state index in [2.05, 4.69) is 10.6 Å². The lowest BCUT2D eigenvalue weighted by molar-refractivity contribution is -0.129. The summed E-state index contributed by atoms with van der Waals surface area (Å²) >= 11 is 0. The number of nitrogens with one attached hydrogen (secondary N) is 2. The second-order valence-electron chi connectivity index (χ2n) is 8.70. The number of hydrogen-bond donors (Lipinski definition) is 3. The molecule has 3 N–H and O–H groups in total. The van der Waals surface area contributed by atoms with Gasteiger partial charge in [0.1, 0.15) is 6.54 Å². The zero-order valence-electron chi connectivity index (χ0n) is 20.6. The van der Waals surface area contributed by atoms with Gasteiger partial charge in [0.2, 0.25) is 11.8 Å². The molecule has 0 saturated heterocycles. The molecular formula is C28H26N4O5. The van der Waals surface area contributed by atoms with Crippen LogP contribution in [0.1, 0.15) is 28.4 Å². The van der Waals surface area contributed by atoms with Crippen LogP contribution in [0.3, 0.4) is 0 Å². The lowest BCUT2D eigenvalue weighted by Gasteiger charge is -2.23. The summed E-state index contributed by atoms with van der Waals surface area (Å²) in [5.74, 6) is -1.90. The second kappa shape index (κ2) is 10.4. The molecule has 9 nitrogen and oxygen atoms in total. The van der Waals surface area contributed by atoms with Crippen LogP contribution >= 0.6 is 0 Å². The van der Waals surface area contributed by atoms with Crippen molar-refractivity contribution in [2.75, 3.05) is 36.2 Å². The van der Waals surface area contributed by atoms with E-state index in [4.69, 9.17) is 0 Å². The van der Waals surface area contributed by atoms with Gasteiger partial charge >= 0.3 is 5.97 Å². The molecule has 4 rings (SSSR count). The molecule has 3 aromatic rings. The van der Waals surface area contributed by atoms with Crippen molar-refractivity contribution in [2.45, 2.75) is 6.92 Å². The number of likely N-dealkylation sites (N-methyl/N-ethyl adjacent to an activating group) is 1. The highest BCUT2D eigenvalue weighted by molar-refractivity contribution is 6.37. The van der Waals surface area contributed by atoms with Gasteiger partial charge in [-0.05, 0) is 42.0 Å². The van der Waals surface area contributed by atoms with Crippen LogP contribution in [0.25, 0.3) is 11.3 Å². The van der Waals surface area contributed by atoms with Gasteiger partial charge in [0.25, 0.3) is 5.91 Å².